The van der Waals surface area contributed by atoms with Crippen LogP contribution in [-0.2, 0) is 4.79 Å². The Morgan fingerprint density at radius 2 is 1.61 bits per heavy atom. The lowest BCUT2D eigenvalue weighted by molar-refractivity contribution is -0.127. The van der Waals surface area contributed by atoms with Gasteiger partial charge in [-0.25, -0.2) is 9.67 Å². The largest absolute Gasteiger partial charge is 0.477 e. The van der Waals surface area contributed by atoms with Gasteiger partial charge >= 0.3 is 0 Å². The Balaban J connectivity index is 1.59. The minimum atomic E-state index is -0.835. The third kappa shape index (κ3) is 3.82. The maximum atomic E-state index is 13.6. The number of ether oxygens (including phenoxy) is 1. The van der Waals surface area contributed by atoms with Gasteiger partial charge < -0.3 is 10.1 Å². The predicted octanol–water partition coefficient (Wildman–Crippen LogP) is 3.09. The van der Waals surface area contributed by atoms with Crippen molar-refractivity contribution in [3.63, 3.8) is 0 Å². The minimum Gasteiger partial charge on any atom is -0.477 e. The number of benzene rings is 3. The van der Waals surface area contributed by atoms with Crippen molar-refractivity contribution in [3.05, 3.63) is 90.8 Å². The number of nitrogens with one attached hydrogen (secondary N) is 1. The number of likely N-dealkylation sites (N-methyl/N-ethyl adjacent to an activating group) is 1. The lowest BCUT2D eigenvalue weighted by Crippen LogP contribution is -2.50. The molecule has 5 rings (SSSR count). The number of para-hydroxylation sites is 3. The molecule has 2 heterocycles. The highest BCUT2D eigenvalue weighted by atomic mass is 16.5. The van der Waals surface area contributed by atoms with Crippen LogP contribution in [0.3, 0.4) is 0 Å². The second-order valence-corrected chi connectivity index (χ2v) is 7.48. The van der Waals surface area contributed by atoms with Gasteiger partial charge in [-0.2, -0.15) is 0 Å². The summed E-state index contributed by atoms with van der Waals surface area (Å²) in [6.07, 6.45) is -0.835. The number of fused-ring (bicyclic) bond motifs is 1. The van der Waals surface area contributed by atoms with Crippen LogP contribution in [-0.4, -0.2) is 46.3 Å². The fourth-order valence-corrected chi connectivity index (χ4v) is 3.77. The summed E-state index contributed by atoms with van der Waals surface area (Å²) in [4.78, 5) is 32.1. The normalized spacial score (nSPS) is 14.8. The van der Waals surface area contributed by atoms with Gasteiger partial charge in [0.15, 0.2) is 11.9 Å². The summed E-state index contributed by atoms with van der Waals surface area (Å²) in [5.74, 6) is 0.317. The molecule has 4 aromatic rings. The van der Waals surface area contributed by atoms with E-state index in [0.29, 0.717) is 17.3 Å². The fraction of sp³-hybridized carbons (Fsp3) is 0.120. The van der Waals surface area contributed by atoms with E-state index in [9.17, 15) is 9.59 Å². The molecule has 8 nitrogen and oxygen atoms in total. The number of carbonyl (C=O) groups is 2. The first-order valence-electron chi connectivity index (χ1n) is 10.5. The van der Waals surface area contributed by atoms with Crippen molar-refractivity contribution in [1.82, 2.24) is 20.1 Å². The van der Waals surface area contributed by atoms with Crippen molar-refractivity contribution in [2.75, 3.05) is 18.5 Å². The molecule has 1 aliphatic heterocycles. The van der Waals surface area contributed by atoms with E-state index < -0.39 is 12.0 Å². The van der Waals surface area contributed by atoms with Crippen molar-refractivity contribution in [2.45, 2.75) is 6.10 Å². The molecule has 0 aliphatic carbocycles. The average molecular weight is 439 g/mol. The zero-order valence-electron chi connectivity index (χ0n) is 17.9. The highest BCUT2D eigenvalue weighted by Gasteiger charge is 2.35. The Morgan fingerprint density at radius 3 is 2.33 bits per heavy atom. The Morgan fingerprint density at radius 1 is 0.939 bits per heavy atom. The molecule has 0 saturated heterocycles. The van der Waals surface area contributed by atoms with Crippen LogP contribution in [0.5, 0.6) is 5.75 Å². The second-order valence-electron chi connectivity index (χ2n) is 7.48. The van der Waals surface area contributed by atoms with Gasteiger partial charge in [0.2, 0.25) is 5.82 Å². The van der Waals surface area contributed by atoms with Gasteiger partial charge in [0.1, 0.15) is 5.75 Å². The highest BCUT2D eigenvalue weighted by molar-refractivity contribution is 6.06. The number of hydrogen-bond donors (Lipinski definition) is 1. The van der Waals surface area contributed by atoms with Crippen LogP contribution in [0.15, 0.2) is 84.9 Å². The van der Waals surface area contributed by atoms with Crippen LogP contribution in [0.25, 0.3) is 17.1 Å². The third-order valence-corrected chi connectivity index (χ3v) is 5.39. The first-order chi connectivity index (χ1) is 16.2. The second kappa shape index (κ2) is 8.58. The Bertz CT molecular complexity index is 1250. The number of rotatable bonds is 4. The van der Waals surface area contributed by atoms with Crippen LogP contribution in [0.4, 0.5) is 5.69 Å². The highest BCUT2D eigenvalue weighted by Crippen LogP contribution is 2.34. The van der Waals surface area contributed by atoms with Crippen molar-refractivity contribution in [3.8, 4) is 22.8 Å². The summed E-state index contributed by atoms with van der Waals surface area (Å²) in [5.41, 5.74) is 2.19. The van der Waals surface area contributed by atoms with E-state index in [1.165, 1.54) is 11.9 Å². The zero-order valence-corrected chi connectivity index (χ0v) is 17.9. The maximum absolute atomic E-state index is 13.6. The Labute approximate surface area is 190 Å². The number of anilines is 1. The molecule has 1 atom stereocenters. The quantitative estimate of drug-likeness (QED) is 0.528. The van der Waals surface area contributed by atoms with E-state index in [2.05, 4.69) is 15.4 Å². The molecule has 0 saturated carbocycles. The molecule has 0 spiro atoms. The van der Waals surface area contributed by atoms with Crippen LogP contribution in [0.2, 0.25) is 0 Å². The number of amides is 2. The van der Waals surface area contributed by atoms with Crippen molar-refractivity contribution >= 4 is 17.5 Å². The van der Waals surface area contributed by atoms with Gasteiger partial charge in [0, 0.05) is 12.6 Å². The number of aromatic nitrogens is 3. The number of hydrogen-bond acceptors (Lipinski definition) is 5. The molecule has 0 radical (unpaired) electrons. The molecule has 1 N–H and O–H groups in total. The molecule has 0 bridgehead atoms. The van der Waals surface area contributed by atoms with E-state index in [-0.39, 0.29) is 18.3 Å². The maximum Gasteiger partial charge on any atom is 0.298 e. The molecule has 33 heavy (non-hydrogen) atoms. The van der Waals surface area contributed by atoms with Crippen molar-refractivity contribution in [1.29, 1.82) is 0 Å². The van der Waals surface area contributed by atoms with E-state index in [0.717, 1.165) is 11.3 Å². The van der Waals surface area contributed by atoms with E-state index in [4.69, 9.17) is 4.74 Å². The summed E-state index contributed by atoms with van der Waals surface area (Å²) >= 11 is 0. The third-order valence-electron chi connectivity index (χ3n) is 5.39. The van der Waals surface area contributed by atoms with E-state index >= 15 is 0 Å². The summed E-state index contributed by atoms with van der Waals surface area (Å²) in [7, 11) is 1.54. The predicted molar refractivity (Wildman–Crippen MR) is 123 cm³/mol. The summed E-state index contributed by atoms with van der Waals surface area (Å²) in [5, 5.41) is 7.15. The number of carbonyl (C=O) groups excluding carboxylic acids is 2. The molecule has 0 fully saturated rings. The zero-order chi connectivity index (χ0) is 22.8. The molecule has 1 aromatic heterocycles. The lowest BCUT2D eigenvalue weighted by atomic mass is 10.1. The Hall–Kier alpha value is -4.46. The van der Waals surface area contributed by atoms with Crippen LogP contribution >= 0.6 is 0 Å². The van der Waals surface area contributed by atoms with Crippen LogP contribution < -0.4 is 15.0 Å². The van der Waals surface area contributed by atoms with Gasteiger partial charge in [0.25, 0.3) is 11.8 Å². The van der Waals surface area contributed by atoms with Gasteiger partial charge in [0.05, 0.1) is 17.9 Å². The van der Waals surface area contributed by atoms with Crippen molar-refractivity contribution < 1.29 is 14.3 Å². The molecule has 164 valence electrons. The first kappa shape index (κ1) is 20.4. The minimum absolute atomic E-state index is 0.0325. The lowest BCUT2D eigenvalue weighted by Gasteiger charge is -2.33. The SMILES string of the molecule is CNC(=O)[C@H]1CN(C(=O)c2nc(-c3ccccc3)n(-c3ccccc3)n2)c2ccccc2O1. The monoisotopic (exact) mass is 439 g/mol. The smallest absolute Gasteiger partial charge is 0.298 e. The van der Waals surface area contributed by atoms with Gasteiger partial charge in [-0.1, -0.05) is 60.7 Å². The fourth-order valence-electron chi connectivity index (χ4n) is 3.77. The van der Waals surface area contributed by atoms with E-state index in [1.807, 2.05) is 66.7 Å². The molecule has 0 unspecified atom stereocenters. The molecule has 1 aliphatic rings. The first-order valence-corrected chi connectivity index (χ1v) is 10.5. The van der Waals surface area contributed by atoms with Crippen LogP contribution in [0.1, 0.15) is 10.6 Å². The summed E-state index contributed by atoms with van der Waals surface area (Å²) in [6, 6.07) is 26.2. The standard InChI is InChI=1S/C25H21N5O3/c1-26-24(31)21-16-29(19-14-8-9-15-20(19)33-21)25(32)22-27-23(17-10-4-2-5-11-17)30(28-22)18-12-6-3-7-13-18/h2-15,21H,16H2,1H3,(H,26,31)/t21-/m1/s1. The van der Waals surface area contributed by atoms with Gasteiger partial charge in [-0.15, -0.1) is 5.10 Å². The molecule has 2 amide bonds. The van der Waals surface area contributed by atoms with Crippen molar-refractivity contribution in [2.24, 2.45) is 0 Å². The Kier molecular flexibility index (Phi) is 5.32. The topological polar surface area (TPSA) is 89.4 Å². The number of nitrogens with zero attached hydrogens (tertiary/aromatic N) is 4. The summed E-state index contributed by atoms with van der Waals surface area (Å²) < 4.78 is 7.47. The van der Waals surface area contributed by atoms with E-state index in [1.54, 1.807) is 22.9 Å². The molecule has 8 heteroatoms. The summed E-state index contributed by atoms with van der Waals surface area (Å²) in [6.45, 7) is 0.0517. The molecular weight excluding hydrogens is 418 g/mol. The van der Waals surface area contributed by atoms with Gasteiger partial charge in [-0.3, -0.25) is 14.5 Å². The average Bonchev–Trinajstić information content (AvgIpc) is 3.34. The molecule has 3 aromatic carbocycles. The molecular formula is C25H21N5O3. The van der Waals surface area contributed by atoms with Gasteiger partial charge in [-0.05, 0) is 24.3 Å². The van der Waals surface area contributed by atoms with Crippen LogP contribution in [0, 0.1) is 0 Å².